The number of hydrogen-bond donors (Lipinski definition) is 1. The predicted molar refractivity (Wildman–Crippen MR) is 87.4 cm³/mol. The number of ether oxygens (including phenoxy) is 1. The third kappa shape index (κ3) is 3.03. The quantitative estimate of drug-likeness (QED) is 0.755. The summed E-state index contributed by atoms with van der Waals surface area (Å²) < 4.78 is 7.89. The molecule has 0 saturated heterocycles. The summed E-state index contributed by atoms with van der Waals surface area (Å²) >= 11 is 0. The van der Waals surface area contributed by atoms with Crippen LogP contribution >= 0.6 is 0 Å². The van der Waals surface area contributed by atoms with Crippen LogP contribution in [0.25, 0.3) is 11.2 Å². The molecule has 1 aromatic carbocycles. The summed E-state index contributed by atoms with van der Waals surface area (Å²) in [5, 5.41) is 0. The molecule has 1 aliphatic carbocycles. The molecule has 0 bridgehead atoms. The van der Waals surface area contributed by atoms with Crippen molar-refractivity contribution in [1.82, 2.24) is 19.5 Å². The Bertz CT molecular complexity index is 801. The lowest BCUT2D eigenvalue weighted by Crippen LogP contribution is -2.04. The van der Waals surface area contributed by atoms with Gasteiger partial charge in [-0.15, -0.1) is 0 Å². The van der Waals surface area contributed by atoms with Gasteiger partial charge in [-0.3, -0.25) is 0 Å². The standard InChI is InChI=1S/C17H19N5O/c18-16-15-17(20-10-19-16)22(11-21-15)7-13-6-14(13)9-23-8-12-4-2-1-3-5-12/h1-5,10-11,13-14H,6-9H2,(H2,18,19,20). The van der Waals surface area contributed by atoms with Crippen LogP contribution in [0.2, 0.25) is 0 Å². The monoisotopic (exact) mass is 309 g/mol. The van der Waals surface area contributed by atoms with E-state index in [1.54, 1.807) is 6.33 Å². The van der Waals surface area contributed by atoms with Gasteiger partial charge < -0.3 is 15.0 Å². The number of rotatable bonds is 6. The van der Waals surface area contributed by atoms with E-state index in [0.29, 0.717) is 29.8 Å². The zero-order chi connectivity index (χ0) is 15.6. The fraction of sp³-hybridized carbons (Fsp3) is 0.353. The number of aromatic nitrogens is 4. The molecule has 6 heteroatoms. The second-order valence-electron chi connectivity index (χ2n) is 6.08. The summed E-state index contributed by atoms with van der Waals surface area (Å²) in [7, 11) is 0. The SMILES string of the molecule is Nc1ncnc2c1ncn2CC1CC1COCc1ccccc1. The van der Waals surface area contributed by atoms with Gasteiger partial charge in [0.2, 0.25) is 0 Å². The molecule has 0 amide bonds. The van der Waals surface area contributed by atoms with Gasteiger partial charge in [-0.25, -0.2) is 15.0 Å². The molecule has 2 N–H and O–H groups in total. The zero-order valence-corrected chi connectivity index (χ0v) is 12.8. The highest BCUT2D eigenvalue weighted by atomic mass is 16.5. The Morgan fingerprint density at radius 1 is 1.13 bits per heavy atom. The van der Waals surface area contributed by atoms with E-state index in [0.717, 1.165) is 18.8 Å². The predicted octanol–water partition coefficient (Wildman–Crippen LogP) is 2.26. The molecule has 1 saturated carbocycles. The van der Waals surface area contributed by atoms with Crippen LogP contribution in [-0.4, -0.2) is 26.1 Å². The summed E-state index contributed by atoms with van der Waals surface area (Å²) in [6, 6.07) is 10.3. The first-order chi connectivity index (χ1) is 11.3. The molecule has 2 aromatic heterocycles. The zero-order valence-electron chi connectivity index (χ0n) is 12.8. The Hall–Kier alpha value is -2.47. The van der Waals surface area contributed by atoms with E-state index in [1.165, 1.54) is 18.3 Å². The van der Waals surface area contributed by atoms with Gasteiger partial charge in [0.05, 0.1) is 19.5 Å². The van der Waals surface area contributed by atoms with Gasteiger partial charge >= 0.3 is 0 Å². The van der Waals surface area contributed by atoms with Crippen LogP contribution in [0.3, 0.4) is 0 Å². The first kappa shape index (κ1) is 14.1. The van der Waals surface area contributed by atoms with Crippen LogP contribution < -0.4 is 5.73 Å². The second-order valence-corrected chi connectivity index (χ2v) is 6.08. The summed E-state index contributed by atoms with van der Waals surface area (Å²) in [4.78, 5) is 12.6. The van der Waals surface area contributed by atoms with Crippen molar-refractivity contribution in [3.8, 4) is 0 Å². The molecule has 2 atom stereocenters. The van der Waals surface area contributed by atoms with E-state index in [2.05, 4.69) is 31.7 Å². The van der Waals surface area contributed by atoms with Crippen LogP contribution in [0.15, 0.2) is 43.0 Å². The summed E-state index contributed by atoms with van der Waals surface area (Å²) in [5.74, 6) is 1.68. The maximum absolute atomic E-state index is 5.83. The number of hydrogen-bond acceptors (Lipinski definition) is 5. The van der Waals surface area contributed by atoms with Crippen molar-refractivity contribution in [2.24, 2.45) is 11.8 Å². The van der Waals surface area contributed by atoms with Gasteiger partial charge in [-0.05, 0) is 23.8 Å². The minimum atomic E-state index is 0.437. The largest absolute Gasteiger partial charge is 0.382 e. The highest BCUT2D eigenvalue weighted by molar-refractivity contribution is 5.81. The van der Waals surface area contributed by atoms with E-state index < -0.39 is 0 Å². The van der Waals surface area contributed by atoms with Gasteiger partial charge in [0.25, 0.3) is 0 Å². The molecule has 3 aromatic rings. The molecular weight excluding hydrogens is 290 g/mol. The molecule has 0 spiro atoms. The lowest BCUT2D eigenvalue weighted by molar-refractivity contribution is 0.107. The van der Waals surface area contributed by atoms with Crippen LogP contribution in [-0.2, 0) is 17.9 Å². The van der Waals surface area contributed by atoms with E-state index in [9.17, 15) is 0 Å². The van der Waals surface area contributed by atoms with Crippen LogP contribution in [0.4, 0.5) is 5.82 Å². The molecule has 23 heavy (non-hydrogen) atoms. The van der Waals surface area contributed by atoms with E-state index in [1.807, 2.05) is 18.2 Å². The highest BCUT2D eigenvalue weighted by Crippen LogP contribution is 2.40. The fourth-order valence-corrected chi connectivity index (χ4v) is 2.93. The van der Waals surface area contributed by atoms with Crippen molar-refractivity contribution < 1.29 is 4.74 Å². The van der Waals surface area contributed by atoms with Crippen molar-refractivity contribution in [2.75, 3.05) is 12.3 Å². The maximum Gasteiger partial charge on any atom is 0.165 e. The highest BCUT2D eigenvalue weighted by Gasteiger charge is 2.37. The van der Waals surface area contributed by atoms with E-state index in [4.69, 9.17) is 10.5 Å². The Morgan fingerprint density at radius 2 is 2.00 bits per heavy atom. The lowest BCUT2D eigenvalue weighted by atomic mass is 10.2. The van der Waals surface area contributed by atoms with E-state index in [-0.39, 0.29) is 0 Å². The number of imidazole rings is 1. The number of benzene rings is 1. The van der Waals surface area contributed by atoms with Crippen LogP contribution in [0, 0.1) is 11.8 Å². The van der Waals surface area contributed by atoms with Gasteiger partial charge in [0.1, 0.15) is 11.8 Å². The number of anilines is 1. The first-order valence-corrected chi connectivity index (χ1v) is 7.84. The molecule has 6 nitrogen and oxygen atoms in total. The minimum Gasteiger partial charge on any atom is -0.382 e. The molecule has 4 rings (SSSR count). The van der Waals surface area contributed by atoms with Gasteiger partial charge in [0.15, 0.2) is 11.5 Å². The molecule has 0 aliphatic heterocycles. The Kier molecular flexibility index (Phi) is 3.67. The number of nitrogens with zero attached hydrogens (tertiary/aromatic N) is 4. The summed E-state index contributed by atoms with van der Waals surface area (Å²) in [6.45, 7) is 2.40. The molecule has 2 heterocycles. The van der Waals surface area contributed by atoms with Crippen LogP contribution in [0.1, 0.15) is 12.0 Å². The molecule has 1 fully saturated rings. The van der Waals surface area contributed by atoms with Gasteiger partial charge in [0, 0.05) is 6.54 Å². The first-order valence-electron chi connectivity index (χ1n) is 7.84. The third-order valence-corrected chi connectivity index (χ3v) is 4.37. The third-order valence-electron chi connectivity index (χ3n) is 4.37. The second kappa shape index (κ2) is 5.96. The number of nitrogen functional groups attached to an aromatic ring is 1. The molecule has 2 unspecified atom stereocenters. The topological polar surface area (TPSA) is 78.9 Å². The Balaban J connectivity index is 1.30. The number of nitrogens with two attached hydrogens (primary N) is 1. The fourth-order valence-electron chi connectivity index (χ4n) is 2.93. The normalized spacial score (nSPS) is 20.0. The van der Waals surface area contributed by atoms with Gasteiger partial charge in [-0.2, -0.15) is 0 Å². The van der Waals surface area contributed by atoms with Gasteiger partial charge in [-0.1, -0.05) is 30.3 Å². The summed E-state index contributed by atoms with van der Waals surface area (Å²) in [6.07, 6.45) is 4.48. The lowest BCUT2D eigenvalue weighted by Gasteiger charge is -2.05. The number of fused-ring (bicyclic) bond motifs is 1. The van der Waals surface area contributed by atoms with Crippen LogP contribution in [0.5, 0.6) is 0 Å². The smallest absolute Gasteiger partial charge is 0.165 e. The summed E-state index contributed by atoms with van der Waals surface area (Å²) in [5.41, 5.74) is 8.54. The van der Waals surface area contributed by atoms with E-state index >= 15 is 0 Å². The van der Waals surface area contributed by atoms with Crippen molar-refractivity contribution in [3.05, 3.63) is 48.5 Å². The molecule has 118 valence electrons. The molecular formula is C17H19N5O. The average Bonchev–Trinajstić information content (AvgIpc) is 3.17. The van der Waals surface area contributed by atoms with Crippen molar-refractivity contribution in [2.45, 2.75) is 19.6 Å². The molecule has 0 radical (unpaired) electrons. The average molecular weight is 309 g/mol. The maximum atomic E-state index is 5.83. The van der Waals surface area contributed by atoms with Crippen molar-refractivity contribution in [3.63, 3.8) is 0 Å². The molecule has 1 aliphatic rings. The Morgan fingerprint density at radius 3 is 2.87 bits per heavy atom. The van der Waals surface area contributed by atoms with Crippen molar-refractivity contribution >= 4 is 17.0 Å². The van der Waals surface area contributed by atoms with Crippen molar-refractivity contribution in [1.29, 1.82) is 0 Å². The minimum absolute atomic E-state index is 0.437. The Labute approximate surface area is 134 Å².